The number of nitrogens with one attached hydrogen (secondary N) is 3. The molecule has 1 aromatic heterocycles. The van der Waals surface area contributed by atoms with Crippen molar-refractivity contribution in [2.75, 3.05) is 43.9 Å². The van der Waals surface area contributed by atoms with Crippen LogP contribution in [0, 0.1) is 18.6 Å². The van der Waals surface area contributed by atoms with Crippen LogP contribution in [0.15, 0.2) is 36.4 Å². The molecule has 200 valence electrons. The number of fused-ring (bicyclic) bond motifs is 1. The van der Waals surface area contributed by atoms with Crippen LogP contribution in [0.2, 0.25) is 0 Å². The first kappa shape index (κ1) is 26.9. The Bertz CT molecular complexity index is 1340. The van der Waals surface area contributed by atoms with Gasteiger partial charge in [0.15, 0.2) is 5.82 Å². The number of likely N-dealkylation sites (N-methyl/N-ethyl adjacent to an activating group) is 1. The van der Waals surface area contributed by atoms with Gasteiger partial charge >= 0.3 is 6.03 Å². The minimum Gasteiger partial charge on any atom is -0.353 e. The quantitative estimate of drug-likeness (QED) is 0.389. The van der Waals surface area contributed by atoms with Gasteiger partial charge in [-0.3, -0.25) is 4.79 Å². The molecule has 2 heterocycles. The highest BCUT2D eigenvalue weighted by Crippen LogP contribution is 2.39. The first-order valence-corrected chi connectivity index (χ1v) is 12.4. The van der Waals surface area contributed by atoms with Gasteiger partial charge in [0.2, 0.25) is 5.95 Å². The number of halogens is 2. The van der Waals surface area contributed by atoms with Gasteiger partial charge in [-0.25, -0.2) is 23.5 Å². The van der Waals surface area contributed by atoms with Gasteiger partial charge in [-0.05, 0) is 57.3 Å². The predicted molar refractivity (Wildman–Crippen MR) is 143 cm³/mol. The monoisotopic (exact) mass is 523 g/mol. The van der Waals surface area contributed by atoms with Crippen molar-refractivity contribution in [3.05, 3.63) is 64.7 Å². The topological polar surface area (TPSA) is 102 Å². The van der Waals surface area contributed by atoms with Crippen molar-refractivity contribution in [2.24, 2.45) is 0 Å². The molecular formula is C27H31F2N7O2. The van der Waals surface area contributed by atoms with E-state index in [4.69, 9.17) is 4.98 Å². The third-order valence-electron chi connectivity index (χ3n) is 6.11. The first-order chi connectivity index (χ1) is 18.2. The van der Waals surface area contributed by atoms with Crippen molar-refractivity contribution in [3.63, 3.8) is 0 Å². The van der Waals surface area contributed by atoms with Crippen LogP contribution >= 0.6 is 0 Å². The number of aromatic nitrogens is 2. The number of carbonyl (C=O) groups excluding carboxylic acids is 2. The van der Waals surface area contributed by atoms with Crippen LogP contribution in [0.1, 0.15) is 34.8 Å². The maximum absolute atomic E-state index is 14.9. The van der Waals surface area contributed by atoms with E-state index in [1.165, 1.54) is 6.07 Å². The summed E-state index contributed by atoms with van der Waals surface area (Å²) in [5.41, 5.74) is 2.32. The zero-order chi connectivity index (χ0) is 27.4. The molecule has 0 saturated carbocycles. The number of amides is 3. The SMILES string of the molecule is CCCNC(=O)c1ccc(C)c(-c2nc(NCCN(C)C)nc3c2CNC(=O)N3c2c(F)cccc2F)c1. The van der Waals surface area contributed by atoms with Crippen molar-refractivity contribution in [1.82, 2.24) is 25.5 Å². The molecule has 2 aromatic carbocycles. The van der Waals surface area contributed by atoms with Crippen LogP contribution in [-0.4, -0.2) is 60.5 Å². The molecule has 4 rings (SSSR count). The van der Waals surface area contributed by atoms with Gasteiger partial charge in [0.05, 0.1) is 12.2 Å². The van der Waals surface area contributed by atoms with Gasteiger partial charge in [-0.1, -0.05) is 19.1 Å². The van der Waals surface area contributed by atoms with Crippen molar-refractivity contribution >= 4 is 29.4 Å². The minimum absolute atomic E-state index is 0.0414. The lowest BCUT2D eigenvalue weighted by Crippen LogP contribution is -2.43. The summed E-state index contributed by atoms with van der Waals surface area (Å²) in [4.78, 5) is 37.8. The van der Waals surface area contributed by atoms with Crippen molar-refractivity contribution < 1.29 is 18.4 Å². The normalized spacial score (nSPS) is 12.8. The third-order valence-corrected chi connectivity index (χ3v) is 6.11. The van der Waals surface area contributed by atoms with Crippen molar-refractivity contribution in [3.8, 4) is 11.3 Å². The molecule has 0 radical (unpaired) electrons. The fourth-order valence-corrected chi connectivity index (χ4v) is 4.12. The van der Waals surface area contributed by atoms with Gasteiger partial charge in [0.25, 0.3) is 5.91 Å². The summed E-state index contributed by atoms with van der Waals surface area (Å²) in [6.07, 6.45) is 0.800. The number of aryl methyl sites for hydroxylation is 1. The molecule has 3 amide bonds. The highest BCUT2D eigenvalue weighted by atomic mass is 19.1. The van der Waals surface area contributed by atoms with E-state index in [-0.39, 0.29) is 24.2 Å². The molecule has 3 aromatic rings. The molecule has 3 N–H and O–H groups in total. The fraction of sp³-hybridized carbons (Fsp3) is 0.333. The van der Waals surface area contributed by atoms with Crippen molar-refractivity contribution in [1.29, 1.82) is 0 Å². The van der Waals surface area contributed by atoms with Gasteiger partial charge in [0.1, 0.15) is 17.3 Å². The number of anilines is 3. The number of hydrogen-bond donors (Lipinski definition) is 3. The second-order valence-corrected chi connectivity index (χ2v) is 9.28. The molecule has 0 saturated heterocycles. The smallest absolute Gasteiger partial charge is 0.328 e. The van der Waals surface area contributed by atoms with Gasteiger partial charge in [-0.2, -0.15) is 4.98 Å². The van der Waals surface area contributed by atoms with E-state index in [1.807, 2.05) is 38.9 Å². The second-order valence-electron chi connectivity index (χ2n) is 9.28. The van der Waals surface area contributed by atoms with E-state index in [0.29, 0.717) is 42.0 Å². The van der Waals surface area contributed by atoms with E-state index < -0.39 is 23.4 Å². The average Bonchev–Trinajstić information content (AvgIpc) is 2.88. The summed E-state index contributed by atoms with van der Waals surface area (Å²) in [5, 5.41) is 8.70. The Labute approximate surface area is 220 Å². The van der Waals surface area contributed by atoms with Crippen LogP contribution in [-0.2, 0) is 6.54 Å². The summed E-state index contributed by atoms with van der Waals surface area (Å²) in [5.74, 6) is -1.77. The molecule has 0 atom stereocenters. The van der Waals surface area contributed by atoms with Gasteiger partial charge < -0.3 is 20.9 Å². The Balaban J connectivity index is 1.90. The zero-order valence-electron chi connectivity index (χ0n) is 21.9. The number of benzene rings is 2. The van der Waals surface area contributed by atoms with E-state index in [1.54, 1.807) is 12.1 Å². The number of para-hydroxylation sites is 1. The highest BCUT2D eigenvalue weighted by Gasteiger charge is 2.34. The molecule has 0 aliphatic carbocycles. The van der Waals surface area contributed by atoms with E-state index >= 15 is 0 Å². The Morgan fingerprint density at radius 3 is 2.55 bits per heavy atom. The average molecular weight is 524 g/mol. The number of carbonyl (C=O) groups is 2. The van der Waals surface area contributed by atoms with Crippen LogP contribution in [0.5, 0.6) is 0 Å². The molecule has 0 bridgehead atoms. The first-order valence-electron chi connectivity index (χ1n) is 12.4. The molecule has 9 nitrogen and oxygen atoms in total. The van der Waals surface area contributed by atoms with Gasteiger partial charge in [-0.15, -0.1) is 0 Å². The van der Waals surface area contributed by atoms with E-state index in [0.717, 1.165) is 29.0 Å². The number of nitrogens with zero attached hydrogens (tertiary/aromatic N) is 4. The molecule has 1 aliphatic rings. The third kappa shape index (κ3) is 5.57. The molecule has 0 unspecified atom stereocenters. The number of urea groups is 1. The zero-order valence-corrected chi connectivity index (χ0v) is 21.9. The van der Waals surface area contributed by atoms with Crippen LogP contribution < -0.4 is 20.9 Å². The maximum Gasteiger partial charge on any atom is 0.328 e. The summed E-state index contributed by atoms with van der Waals surface area (Å²) < 4.78 is 29.7. The summed E-state index contributed by atoms with van der Waals surface area (Å²) in [7, 11) is 3.85. The molecule has 38 heavy (non-hydrogen) atoms. The predicted octanol–water partition coefficient (Wildman–Crippen LogP) is 4.20. The lowest BCUT2D eigenvalue weighted by Gasteiger charge is -2.31. The maximum atomic E-state index is 14.9. The van der Waals surface area contributed by atoms with Crippen molar-refractivity contribution in [2.45, 2.75) is 26.8 Å². The number of rotatable bonds is 9. The second kappa shape index (κ2) is 11.5. The Hall–Kier alpha value is -4.12. The summed E-state index contributed by atoms with van der Waals surface area (Å²) >= 11 is 0. The Morgan fingerprint density at radius 2 is 1.87 bits per heavy atom. The van der Waals surface area contributed by atoms with Gasteiger partial charge in [0, 0.05) is 36.3 Å². The largest absolute Gasteiger partial charge is 0.353 e. The minimum atomic E-state index is -0.902. The van der Waals surface area contributed by atoms with Crippen LogP contribution in [0.4, 0.5) is 31.0 Å². The highest BCUT2D eigenvalue weighted by molar-refractivity contribution is 6.02. The standard InChI is InChI=1S/C27H31F2N7O2/c1-5-11-30-25(37)17-10-9-16(2)18(14-17)22-19-15-32-27(38)36(23-20(28)7-6-8-21(23)29)24(19)34-26(33-22)31-12-13-35(3)4/h6-10,14H,5,11-13,15H2,1-4H3,(H,30,37)(H,32,38)(H,31,33,34). The molecule has 0 spiro atoms. The summed E-state index contributed by atoms with van der Waals surface area (Å²) in [6, 6.07) is 7.97. The number of hydrogen-bond acceptors (Lipinski definition) is 6. The van der Waals surface area contributed by atoms with E-state index in [2.05, 4.69) is 20.9 Å². The molecule has 1 aliphatic heterocycles. The van der Waals surface area contributed by atoms with Crippen LogP contribution in [0.3, 0.4) is 0 Å². The Kier molecular flexibility index (Phi) is 8.16. The lowest BCUT2D eigenvalue weighted by molar-refractivity contribution is 0.0953. The van der Waals surface area contributed by atoms with E-state index in [9.17, 15) is 18.4 Å². The summed E-state index contributed by atoms with van der Waals surface area (Å²) in [6.45, 7) is 5.60. The molecule has 11 heteroatoms. The van der Waals surface area contributed by atoms with Crippen LogP contribution in [0.25, 0.3) is 11.3 Å². The molecular weight excluding hydrogens is 492 g/mol. The molecule has 0 fully saturated rings. The Morgan fingerprint density at radius 1 is 1.13 bits per heavy atom. The lowest BCUT2D eigenvalue weighted by atomic mass is 9.97. The fourth-order valence-electron chi connectivity index (χ4n) is 4.12.